The van der Waals surface area contributed by atoms with Crippen molar-refractivity contribution >= 4 is 5.96 Å². The summed E-state index contributed by atoms with van der Waals surface area (Å²) < 4.78 is 6.84. The first-order valence-electron chi connectivity index (χ1n) is 9.33. The van der Waals surface area contributed by atoms with Crippen LogP contribution in [0, 0.1) is 0 Å². The Balaban J connectivity index is 1.34. The number of aromatic nitrogens is 4. The summed E-state index contributed by atoms with van der Waals surface area (Å²) in [5.74, 6) is 1.78. The van der Waals surface area contributed by atoms with E-state index in [9.17, 15) is 0 Å². The molecule has 0 spiro atoms. The van der Waals surface area contributed by atoms with E-state index in [1.807, 2.05) is 29.9 Å². The zero-order valence-corrected chi connectivity index (χ0v) is 15.9. The van der Waals surface area contributed by atoms with Crippen molar-refractivity contribution in [3.63, 3.8) is 0 Å². The van der Waals surface area contributed by atoms with Crippen LogP contribution >= 0.6 is 0 Å². The van der Waals surface area contributed by atoms with Gasteiger partial charge < -0.3 is 14.7 Å². The highest BCUT2D eigenvalue weighted by atomic mass is 16.5. The van der Waals surface area contributed by atoms with Crippen LogP contribution in [0.3, 0.4) is 0 Å². The molecule has 1 saturated heterocycles. The molecule has 146 valence electrons. The molecule has 1 fully saturated rings. The Kier molecular flexibility index (Phi) is 5.62. The molecular weight excluding hydrogens is 356 g/mol. The quantitative estimate of drug-likeness (QED) is 0.525. The molecule has 0 amide bonds. The fraction of sp³-hybridized carbons (Fsp3) is 0.368. The Bertz CT molecular complexity index is 883. The second-order valence-corrected chi connectivity index (χ2v) is 6.61. The topological polar surface area (TPSA) is 87.6 Å². The molecule has 3 aromatic heterocycles. The average Bonchev–Trinajstić information content (AvgIpc) is 3.44. The van der Waals surface area contributed by atoms with E-state index in [0.29, 0.717) is 6.54 Å². The Labute approximate surface area is 163 Å². The standard InChI is InChI=1S/C19H24N8O/c1-20-19(26-10-8-25(9-11-26)14-17-4-12-28-24-17)23-13-16-3-2-5-22-18(16)27-7-6-21-15-27/h2-7,12,15H,8-11,13-14H2,1H3,(H,20,23). The fourth-order valence-corrected chi connectivity index (χ4v) is 3.36. The Morgan fingerprint density at radius 1 is 1.21 bits per heavy atom. The molecule has 0 atom stereocenters. The van der Waals surface area contributed by atoms with Crippen molar-refractivity contribution in [1.82, 2.24) is 34.8 Å². The zero-order chi connectivity index (χ0) is 19.2. The first kappa shape index (κ1) is 18.2. The first-order chi connectivity index (χ1) is 13.8. The maximum Gasteiger partial charge on any atom is 0.194 e. The van der Waals surface area contributed by atoms with E-state index in [2.05, 4.69) is 41.3 Å². The largest absolute Gasteiger partial charge is 0.364 e. The number of rotatable bonds is 5. The van der Waals surface area contributed by atoms with Crippen molar-refractivity contribution in [1.29, 1.82) is 0 Å². The molecule has 0 unspecified atom stereocenters. The van der Waals surface area contributed by atoms with E-state index in [1.165, 1.54) is 0 Å². The molecule has 0 radical (unpaired) electrons. The second-order valence-electron chi connectivity index (χ2n) is 6.61. The van der Waals surface area contributed by atoms with Crippen LogP contribution < -0.4 is 5.32 Å². The molecule has 1 aliphatic heterocycles. The van der Waals surface area contributed by atoms with E-state index in [-0.39, 0.29) is 0 Å². The van der Waals surface area contributed by atoms with Crippen molar-refractivity contribution in [2.24, 2.45) is 4.99 Å². The van der Waals surface area contributed by atoms with Gasteiger partial charge in [0.25, 0.3) is 0 Å². The van der Waals surface area contributed by atoms with Gasteiger partial charge in [-0.1, -0.05) is 11.2 Å². The lowest BCUT2D eigenvalue weighted by atomic mass is 10.2. The molecular formula is C19H24N8O. The number of hydrogen-bond donors (Lipinski definition) is 1. The maximum atomic E-state index is 4.92. The molecule has 3 aromatic rings. The number of nitrogens with zero attached hydrogens (tertiary/aromatic N) is 7. The molecule has 9 heteroatoms. The number of piperazine rings is 1. The lowest BCUT2D eigenvalue weighted by Crippen LogP contribution is -2.52. The van der Waals surface area contributed by atoms with Crippen molar-refractivity contribution in [2.45, 2.75) is 13.1 Å². The molecule has 0 aromatic carbocycles. The summed E-state index contributed by atoms with van der Waals surface area (Å²) in [6.07, 6.45) is 8.82. The van der Waals surface area contributed by atoms with Gasteiger partial charge in [-0.05, 0) is 6.07 Å². The van der Waals surface area contributed by atoms with Crippen molar-refractivity contribution in [3.05, 3.63) is 60.6 Å². The van der Waals surface area contributed by atoms with Crippen LogP contribution in [0.2, 0.25) is 0 Å². The SMILES string of the molecule is CN=C(NCc1cccnc1-n1ccnc1)N1CCN(Cc2ccon2)CC1. The van der Waals surface area contributed by atoms with Crippen LogP contribution in [-0.4, -0.2) is 68.7 Å². The lowest BCUT2D eigenvalue weighted by Gasteiger charge is -2.36. The van der Waals surface area contributed by atoms with Gasteiger partial charge in [-0.3, -0.25) is 14.5 Å². The number of aliphatic imine (C=N–C) groups is 1. The number of hydrogen-bond acceptors (Lipinski definition) is 6. The van der Waals surface area contributed by atoms with Gasteiger partial charge >= 0.3 is 0 Å². The Morgan fingerprint density at radius 3 is 2.82 bits per heavy atom. The third kappa shape index (κ3) is 4.20. The summed E-state index contributed by atoms with van der Waals surface area (Å²) in [5.41, 5.74) is 2.06. The third-order valence-electron chi connectivity index (χ3n) is 4.81. The van der Waals surface area contributed by atoms with E-state index in [0.717, 1.165) is 55.8 Å². The van der Waals surface area contributed by atoms with Gasteiger partial charge in [0.1, 0.15) is 18.4 Å². The summed E-state index contributed by atoms with van der Waals surface area (Å²) in [5, 5.41) is 7.47. The molecule has 9 nitrogen and oxygen atoms in total. The summed E-state index contributed by atoms with van der Waals surface area (Å²) in [7, 11) is 1.82. The molecule has 4 heterocycles. The van der Waals surface area contributed by atoms with Crippen LogP contribution in [0.25, 0.3) is 5.82 Å². The van der Waals surface area contributed by atoms with Crippen LogP contribution in [0.4, 0.5) is 0 Å². The number of pyridine rings is 1. The van der Waals surface area contributed by atoms with E-state index in [1.54, 1.807) is 25.0 Å². The maximum absolute atomic E-state index is 4.92. The smallest absolute Gasteiger partial charge is 0.194 e. The van der Waals surface area contributed by atoms with Gasteiger partial charge in [0.15, 0.2) is 5.96 Å². The summed E-state index contributed by atoms with van der Waals surface area (Å²) in [6, 6.07) is 5.93. The molecule has 28 heavy (non-hydrogen) atoms. The minimum absolute atomic E-state index is 0.646. The van der Waals surface area contributed by atoms with Crippen molar-refractivity contribution < 1.29 is 4.52 Å². The minimum atomic E-state index is 0.646. The second kappa shape index (κ2) is 8.66. The van der Waals surface area contributed by atoms with Crippen molar-refractivity contribution in [2.75, 3.05) is 33.2 Å². The first-order valence-corrected chi connectivity index (χ1v) is 9.33. The number of nitrogens with one attached hydrogen (secondary N) is 1. The van der Waals surface area contributed by atoms with Gasteiger partial charge in [0.05, 0.1) is 5.69 Å². The molecule has 1 aliphatic rings. The Morgan fingerprint density at radius 2 is 2.11 bits per heavy atom. The number of imidazole rings is 1. The van der Waals surface area contributed by atoms with E-state index in [4.69, 9.17) is 4.52 Å². The highest BCUT2D eigenvalue weighted by molar-refractivity contribution is 5.80. The van der Waals surface area contributed by atoms with Gasteiger partial charge in [0, 0.05) is 76.5 Å². The van der Waals surface area contributed by atoms with E-state index < -0.39 is 0 Å². The van der Waals surface area contributed by atoms with Crippen LogP contribution in [0.5, 0.6) is 0 Å². The van der Waals surface area contributed by atoms with Gasteiger partial charge in [-0.2, -0.15) is 0 Å². The number of guanidine groups is 1. The average molecular weight is 380 g/mol. The lowest BCUT2D eigenvalue weighted by molar-refractivity contribution is 0.169. The molecule has 0 bridgehead atoms. The van der Waals surface area contributed by atoms with Gasteiger partial charge in [0.2, 0.25) is 0 Å². The Hall–Kier alpha value is -3.20. The third-order valence-corrected chi connectivity index (χ3v) is 4.81. The minimum Gasteiger partial charge on any atom is -0.364 e. The van der Waals surface area contributed by atoms with Crippen molar-refractivity contribution in [3.8, 4) is 5.82 Å². The van der Waals surface area contributed by atoms with Crippen LogP contribution in [-0.2, 0) is 13.1 Å². The van der Waals surface area contributed by atoms with Gasteiger partial charge in [-0.15, -0.1) is 0 Å². The molecule has 1 N–H and O–H groups in total. The molecule has 0 aliphatic carbocycles. The predicted molar refractivity (Wildman–Crippen MR) is 105 cm³/mol. The highest BCUT2D eigenvalue weighted by Crippen LogP contribution is 2.12. The monoisotopic (exact) mass is 380 g/mol. The summed E-state index contributed by atoms with van der Waals surface area (Å²) >= 11 is 0. The van der Waals surface area contributed by atoms with Crippen LogP contribution in [0.1, 0.15) is 11.3 Å². The van der Waals surface area contributed by atoms with E-state index >= 15 is 0 Å². The normalized spacial score (nSPS) is 15.8. The van der Waals surface area contributed by atoms with Gasteiger partial charge in [-0.25, -0.2) is 9.97 Å². The summed E-state index contributed by atoms with van der Waals surface area (Å²) in [4.78, 5) is 17.7. The predicted octanol–water partition coefficient (Wildman–Crippen LogP) is 1.15. The zero-order valence-electron chi connectivity index (χ0n) is 15.9. The summed E-state index contributed by atoms with van der Waals surface area (Å²) in [6.45, 7) is 5.22. The fourth-order valence-electron chi connectivity index (χ4n) is 3.36. The molecule has 0 saturated carbocycles. The molecule has 4 rings (SSSR count). The highest BCUT2D eigenvalue weighted by Gasteiger charge is 2.20. The van der Waals surface area contributed by atoms with Crippen LogP contribution in [0.15, 0.2) is 58.9 Å².